The third-order valence-electron chi connectivity index (χ3n) is 5.58. The number of rotatable bonds is 4. The summed E-state index contributed by atoms with van der Waals surface area (Å²) in [6.45, 7) is 2.28. The number of anilines is 1. The summed E-state index contributed by atoms with van der Waals surface area (Å²) in [6.07, 6.45) is 0.895. The number of nitriles is 1. The number of hydrogen-bond donors (Lipinski definition) is 0. The van der Waals surface area contributed by atoms with Crippen LogP contribution < -0.4 is 4.90 Å². The minimum atomic E-state index is -3.22. The van der Waals surface area contributed by atoms with Crippen molar-refractivity contribution in [1.29, 1.82) is 5.26 Å². The quantitative estimate of drug-likeness (QED) is 0.746. The zero-order valence-electron chi connectivity index (χ0n) is 15.6. The van der Waals surface area contributed by atoms with E-state index in [0.29, 0.717) is 11.3 Å². The molecule has 0 spiro atoms. The zero-order chi connectivity index (χ0) is 19.9. The predicted molar refractivity (Wildman–Crippen MR) is 107 cm³/mol. The van der Waals surface area contributed by atoms with Crippen molar-refractivity contribution >= 4 is 21.6 Å². The number of nitrogens with zero attached hydrogens (tertiary/aromatic N) is 3. The normalized spacial score (nSPS) is 22.9. The SMILES string of the molecule is CCc1ccc(N2C(=O)N(Cc3ccccc3C#N)[C@@H]3CS(=O)(=O)C[C@H]32)cc1. The number of hydrogen-bond acceptors (Lipinski definition) is 4. The van der Waals surface area contributed by atoms with Gasteiger partial charge in [-0.1, -0.05) is 37.3 Å². The Bertz CT molecular complexity index is 1060. The molecule has 0 N–H and O–H groups in total. The first-order valence-electron chi connectivity index (χ1n) is 9.30. The highest BCUT2D eigenvalue weighted by Crippen LogP contribution is 2.36. The van der Waals surface area contributed by atoms with Crippen LogP contribution in [-0.4, -0.2) is 42.9 Å². The van der Waals surface area contributed by atoms with Gasteiger partial charge in [-0.15, -0.1) is 0 Å². The summed E-state index contributed by atoms with van der Waals surface area (Å²) in [4.78, 5) is 16.5. The van der Waals surface area contributed by atoms with Gasteiger partial charge in [-0.25, -0.2) is 13.2 Å². The van der Waals surface area contributed by atoms with Crippen LogP contribution >= 0.6 is 0 Å². The number of carbonyl (C=O) groups is 1. The molecule has 0 radical (unpaired) electrons. The van der Waals surface area contributed by atoms with E-state index in [4.69, 9.17) is 0 Å². The fourth-order valence-electron chi connectivity index (χ4n) is 4.11. The van der Waals surface area contributed by atoms with Gasteiger partial charge < -0.3 is 4.90 Å². The van der Waals surface area contributed by atoms with Crippen LogP contribution in [0.1, 0.15) is 23.6 Å². The van der Waals surface area contributed by atoms with E-state index >= 15 is 0 Å². The number of aryl methyl sites for hydroxylation is 1. The molecule has 2 saturated heterocycles. The van der Waals surface area contributed by atoms with Crippen molar-refractivity contribution in [3.63, 3.8) is 0 Å². The van der Waals surface area contributed by atoms with Crippen molar-refractivity contribution in [3.8, 4) is 6.07 Å². The highest BCUT2D eigenvalue weighted by Gasteiger charge is 2.53. The molecule has 0 saturated carbocycles. The molecule has 0 bridgehead atoms. The number of fused-ring (bicyclic) bond motifs is 1. The minimum absolute atomic E-state index is 0.0324. The van der Waals surface area contributed by atoms with E-state index in [1.807, 2.05) is 36.4 Å². The Labute approximate surface area is 164 Å². The van der Waals surface area contributed by atoms with Gasteiger partial charge in [0.1, 0.15) is 0 Å². The van der Waals surface area contributed by atoms with E-state index in [1.165, 1.54) is 0 Å². The first-order chi connectivity index (χ1) is 13.4. The molecule has 0 aromatic heterocycles. The van der Waals surface area contributed by atoms with Crippen molar-refractivity contribution in [2.75, 3.05) is 16.4 Å². The maximum atomic E-state index is 13.3. The maximum Gasteiger partial charge on any atom is 0.325 e. The standard InChI is InChI=1S/C21H21N3O3S/c1-2-15-7-9-18(10-8-15)24-20-14-28(26,27)13-19(20)23(21(24)25)12-17-6-4-3-5-16(17)11-22/h3-10,19-20H,2,12-14H2,1H3/t19-,20-/m1/s1. The zero-order valence-corrected chi connectivity index (χ0v) is 16.4. The van der Waals surface area contributed by atoms with Crippen molar-refractivity contribution in [2.24, 2.45) is 0 Å². The molecule has 2 aliphatic rings. The lowest BCUT2D eigenvalue weighted by atomic mass is 10.1. The lowest BCUT2D eigenvalue weighted by Crippen LogP contribution is -2.37. The average Bonchev–Trinajstić information content (AvgIpc) is 3.12. The topological polar surface area (TPSA) is 81.5 Å². The second kappa shape index (κ2) is 6.95. The van der Waals surface area contributed by atoms with E-state index in [9.17, 15) is 18.5 Å². The van der Waals surface area contributed by atoms with Crippen molar-refractivity contribution in [3.05, 3.63) is 65.2 Å². The van der Waals surface area contributed by atoms with Gasteiger partial charge in [-0.2, -0.15) is 5.26 Å². The predicted octanol–water partition coefficient (Wildman–Crippen LogP) is 2.73. The van der Waals surface area contributed by atoms with Gasteiger partial charge in [0.15, 0.2) is 9.84 Å². The highest BCUT2D eigenvalue weighted by atomic mass is 32.2. The first-order valence-corrected chi connectivity index (χ1v) is 11.1. The molecule has 2 heterocycles. The van der Waals surface area contributed by atoms with Crippen LogP contribution in [0.25, 0.3) is 0 Å². The second-order valence-corrected chi connectivity index (χ2v) is 9.43. The molecule has 2 aromatic carbocycles. The van der Waals surface area contributed by atoms with E-state index < -0.39 is 21.9 Å². The van der Waals surface area contributed by atoms with Gasteiger partial charge in [0.05, 0.1) is 35.2 Å². The molecule has 144 valence electrons. The van der Waals surface area contributed by atoms with Crippen LogP contribution in [0.3, 0.4) is 0 Å². The first kappa shape index (κ1) is 18.5. The van der Waals surface area contributed by atoms with Gasteiger partial charge in [-0.3, -0.25) is 4.90 Å². The third kappa shape index (κ3) is 3.14. The molecule has 6 nitrogen and oxygen atoms in total. The van der Waals surface area contributed by atoms with Crippen LogP contribution in [-0.2, 0) is 22.8 Å². The summed E-state index contributed by atoms with van der Waals surface area (Å²) in [5.41, 5.74) is 3.10. The maximum absolute atomic E-state index is 13.3. The minimum Gasteiger partial charge on any atom is -0.314 e. The molecule has 28 heavy (non-hydrogen) atoms. The lowest BCUT2D eigenvalue weighted by molar-refractivity contribution is 0.206. The highest BCUT2D eigenvalue weighted by molar-refractivity contribution is 7.91. The van der Waals surface area contributed by atoms with Gasteiger partial charge in [0, 0.05) is 12.2 Å². The Balaban J connectivity index is 1.71. The van der Waals surface area contributed by atoms with Gasteiger partial charge >= 0.3 is 6.03 Å². The summed E-state index contributed by atoms with van der Waals surface area (Å²) in [5, 5.41) is 9.35. The number of amides is 2. The summed E-state index contributed by atoms with van der Waals surface area (Å²) in [6, 6.07) is 15.9. The molecule has 7 heteroatoms. The molecule has 2 aromatic rings. The van der Waals surface area contributed by atoms with E-state index in [-0.39, 0.29) is 24.1 Å². The number of benzene rings is 2. The van der Waals surface area contributed by atoms with Crippen LogP contribution in [0.5, 0.6) is 0 Å². The third-order valence-corrected chi connectivity index (χ3v) is 7.28. The largest absolute Gasteiger partial charge is 0.325 e. The van der Waals surface area contributed by atoms with E-state index in [1.54, 1.807) is 21.9 Å². The van der Waals surface area contributed by atoms with Gasteiger partial charge in [0.25, 0.3) is 0 Å². The number of carbonyl (C=O) groups excluding carboxylic acids is 1. The molecule has 2 aliphatic heterocycles. The van der Waals surface area contributed by atoms with E-state index in [0.717, 1.165) is 17.5 Å². The number of urea groups is 1. The molecular formula is C21H21N3O3S. The molecule has 0 aliphatic carbocycles. The summed E-state index contributed by atoms with van der Waals surface area (Å²) in [5.74, 6) is -0.0724. The molecule has 2 amide bonds. The summed E-state index contributed by atoms with van der Waals surface area (Å²) in [7, 11) is -3.22. The lowest BCUT2D eigenvalue weighted by Gasteiger charge is -2.23. The van der Waals surface area contributed by atoms with Crippen LogP contribution in [0.4, 0.5) is 10.5 Å². The second-order valence-electron chi connectivity index (χ2n) is 7.28. The Morgan fingerprint density at radius 1 is 1.07 bits per heavy atom. The Morgan fingerprint density at radius 2 is 1.75 bits per heavy atom. The monoisotopic (exact) mass is 395 g/mol. The molecule has 0 unspecified atom stereocenters. The smallest absolute Gasteiger partial charge is 0.314 e. The molecule has 2 fully saturated rings. The summed E-state index contributed by atoms with van der Waals surface area (Å²) < 4.78 is 24.7. The van der Waals surface area contributed by atoms with Gasteiger partial charge in [-0.05, 0) is 35.7 Å². The van der Waals surface area contributed by atoms with Crippen molar-refractivity contribution in [2.45, 2.75) is 32.0 Å². The molecular weight excluding hydrogens is 374 g/mol. The molecule has 2 atom stereocenters. The van der Waals surface area contributed by atoms with Crippen LogP contribution in [0, 0.1) is 11.3 Å². The summed E-state index contributed by atoms with van der Waals surface area (Å²) >= 11 is 0. The van der Waals surface area contributed by atoms with Gasteiger partial charge in [0.2, 0.25) is 0 Å². The Kier molecular flexibility index (Phi) is 4.60. The molecule has 4 rings (SSSR count). The van der Waals surface area contributed by atoms with Crippen molar-refractivity contribution in [1.82, 2.24) is 4.90 Å². The van der Waals surface area contributed by atoms with Crippen molar-refractivity contribution < 1.29 is 13.2 Å². The number of sulfone groups is 1. The Hall–Kier alpha value is -2.85. The fourth-order valence-corrected chi connectivity index (χ4v) is 6.06. The van der Waals surface area contributed by atoms with Crippen LogP contribution in [0.15, 0.2) is 48.5 Å². The van der Waals surface area contributed by atoms with E-state index in [2.05, 4.69) is 13.0 Å². The Morgan fingerprint density at radius 3 is 2.43 bits per heavy atom. The fraction of sp³-hybridized carbons (Fsp3) is 0.333. The van der Waals surface area contributed by atoms with Crippen LogP contribution in [0.2, 0.25) is 0 Å². The average molecular weight is 395 g/mol.